The number of amides is 2. The lowest BCUT2D eigenvalue weighted by molar-refractivity contribution is -0.153. The quantitative estimate of drug-likeness (QED) is 0.431. The fourth-order valence-electron chi connectivity index (χ4n) is 5.71. The van der Waals surface area contributed by atoms with Crippen LogP contribution >= 0.6 is 11.6 Å². The molecule has 2 amide bonds. The largest absolute Gasteiger partial charge is 0.495 e. The fourth-order valence-corrected chi connectivity index (χ4v) is 6.02. The van der Waals surface area contributed by atoms with E-state index >= 15 is 0 Å². The molecule has 3 N–H and O–H groups in total. The number of fused-ring (bicyclic) bond motifs is 5. The molecule has 0 spiro atoms. The molecule has 2 saturated heterocycles. The molecule has 0 aromatic heterocycles. The van der Waals surface area contributed by atoms with Crippen LogP contribution in [0.4, 0.5) is 10.5 Å². The SMILES string of the molecule is COc1cc2cc(c1Cl)N(C)C(=O)CC(OC(C)(C)C)C1(C)OC1C(O)C1CC(O)(NC(=O)O1)C(OC)C=CC=C(C)C2. The van der Waals surface area contributed by atoms with E-state index in [1.807, 2.05) is 45.9 Å². The number of rotatable bonds is 3. The van der Waals surface area contributed by atoms with Crippen LogP contribution in [0, 0.1) is 0 Å². The summed E-state index contributed by atoms with van der Waals surface area (Å²) in [4.78, 5) is 27.8. The first kappa shape index (κ1) is 33.2. The van der Waals surface area contributed by atoms with Gasteiger partial charge in [-0.25, -0.2) is 4.79 Å². The number of halogens is 1. The zero-order valence-corrected chi connectivity index (χ0v) is 26.7. The molecule has 1 aromatic carbocycles. The molecular weight excluding hydrogens is 580 g/mol. The molecule has 3 aliphatic heterocycles. The highest BCUT2D eigenvalue weighted by Crippen LogP contribution is 2.47. The molecule has 12 heteroatoms. The Morgan fingerprint density at radius 1 is 1.21 bits per heavy atom. The molecule has 3 aliphatic rings. The van der Waals surface area contributed by atoms with Crippen LogP contribution in [0.25, 0.3) is 0 Å². The summed E-state index contributed by atoms with van der Waals surface area (Å²) in [6, 6.07) is 3.67. The Kier molecular flexibility index (Phi) is 9.56. The second-order valence-electron chi connectivity index (χ2n) is 12.6. The molecule has 43 heavy (non-hydrogen) atoms. The molecule has 7 atom stereocenters. The molecule has 238 valence electrons. The van der Waals surface area contributed by atoms with E-state index in [4.69, 9.17) is 35.3 Å². The number of hydrogen-bond donors (Lipinski definition) is 3. The summed E-state index contributed by atoms with van der Waals surface area (Å²) in [5, 5.41) is 25.6. The van der Waals surface area contributed by atoms with E-state index in [0.717, 1.165) is 11.1 Å². The maximum Gasteiger partial charge on any atom is 0.409 e. The van der Waals surface area contributed by atoms with Gasteiger partial charge in [0.05, 0.1) is 30.9 Å². The predicted octanol–water partition coefficient (Wildman–Crippen LogP) is 3.66. The van der Waals surface area contributed by atoms with Crippen molar-refractivity contribution in [3.05, 3.63) is 46.5 Å². The molecule has 4 bridgehead atoms. The third-order valence-corrected chi connectivity index (χ3v) is 8.45. The highest BCUT2D eigenvalue weighted by molar-refractivity contribution is 6.35. The number of benzene rings is 1. The minimum Gasteiger partial charge on any atom is -0.495 e. The van der Waals surface area contributed by atoms with E-state index in [2.05, 4.69) is 5.32 Å². The van der Waals surface area contributed by atoms with Gasteiger partial charge in [0.2, 0.25) is 5.91 Å². The molecule has 1 aromatic rings. The number of carbonyl (C=O) groups excluding carboxylic acids is 2. The Morgan fingerprint density at radius 2 is 1.91 bits per heavy atom. The van der Waals surface area contributed by atoms with Crippen LogP contribution in [-0.2, 0) is 30.2 Å². The molecule has 2 fully saturated rings. The second kappa shape index (κ2) is 12.4. The van der Waals surface area contributed by atoms with Crippen molar-refractivity contribution in [2.24, 2.45) is 0 Å². The number of epoxide rings is 1. The molecule has 7 unspecified atom stereocenters. The van der Waals surface area contributed by atoms with Crippen LogP contribution in [0.15, 0.2) is 35.9 Å². The van der Waals surface area contributed by atoms with Crippen molar-refractivity contribution in [1.29, 1.82) is 0 Å². The summed E-state index contributed by atoms with van der Waals surface area (Å²) < 4.78 is 28.8. The van der Waals surface area contributed by atoms with Gasteiger partial charge in [0.15, 0.2) is 5.72 Å². The normalized spacial score (nSPS) is 33.7. The second-order valence-corrected chi connectivity index (χ2v) is 13.0. The number of methoxy groups -OCH3 is 2. The van der Waals surface area contributed by atoms with E-state index in [1.165, 1.54) is 19.1 Å². The number of alkyl carbamates (subject to hydrolysis) is 1. The smallest absolute Gasteiger partial charge is 0.409 e. The van der Waals surface area contributed by atoms with Gasteiger partial charge in [0.25, 0.3) is 0 Å². The third kappa shape index (κ3) is 7.19. The van der Waals surface area contributed by atoms with Crippen molar-refractivity contribution < 1.29 is 43.5 Å². The lowest BCUT2D eigenvalue weighted by Gasteiger charge is -2.41. The molecule has 0 radical (unpaired) electrons. The van der Waals surface area contributed by atoms with Crippen LogP contribution in [0.3, 0.4) is 0 Å². The molecule has 0 saturated carbocycles. The minimum atomic E-state index is -1.87. The molecular formula is C31H43ClN2O9. The van der Waals surface area contributed by atoms with Crippen molar-refractivity contribution in [2.45, 2.75) is 101 Å². The average molecular weight is 623 g/mol. The Morgan fingerprint density at radius 3 is 2.53 bits per heavy atom. The topological polar surface area (TPSA) is 139 Å². The summed E-state index contributed by atoms with van der Waals surface area (Å²) in [6.07, 6.45) is -0.533. The van der Waals surface area contributed by atoms with Gasteiger partial charge in [-0.1, -0.05) is 35.4 Å². The number of hydrogen-bond acceptors (Lipinski definition) is 9. The highest BCUT2D eigenvalue weighted by Gasteiger charge is 2.65. The summed E-state index contributed by atoms with van der Waals surface area (Å²) >= 11 is 6.68. The van der Waals surface area contributed by atoms with E-state index in [9.17, 15) is 19.8 Å². The molecule has 11 nitrogen and oxygen atoms in total. The number of anilines is 1. The van der Waals surface area contributed by atoms with Crippen LogP contribution in [0.1, 0.15) is 53.0 Å². The maximum atomic E-state index is 13.8. The van der Waals surface area contributed by atoms with Crippen molar-refractivity contribution in [3.63, 3.8) is 0 Å². The van der Waals surface area contributed by atoms with E-state index in [1.54, 1.807) is 26.1 Å². The first-order chi connectivity index (χ1) is 20.0. The van der Waals surface area contributed by atoms with Crippen molar-refractivity contribution >= 4 is 29.3 Å². The van der Waals surface area contributed by atoms with Gasteiger partial charge in [0, 0.05) is 20.6 Å². The van der Waals surface area contributed by atoms with Crippen molar-refractivity contribution in [1.82, 2.24) is 5.32 Å². The monoisotopic (exact) mass is 622 g/mol. The number of aliphatic hydroxyl groups excluding tert-OH is 1. The maximum absolute atomic E-state index is 13.8. The lowest BCUT2D eigenvalue weighted by atomic mass is 9.88. The number of allylic oxidation sites excluding steroid dienone is 3. The Balaban J connectivity index is 1.80. The van der Waals surface area contributed by atoms with Gasteiger partial charge >= 0.3 is 6.09 Å². The zero-order chi connectivity index (χ0) is 31.9. The average Bonchev–Trinajstić information content (AvgIpc) is 3.61. The lowest BCUT2D eigenvalue weighted by Crippen LogP contribution is -2.64. The molecule has 4 rings (SSSR count). The number of carbonyl (C=O) groups is 2. The highest BCUT2D eigenvalue weighted by atomic mass is 35.5. The Hall–Kier alpha value is -2.67. The van der Waals surface area contributed by atoms with E-state index in [0.29, 0.717) is 22.9 Å². The first-order valence-corrected chi connectivity index (χ1v) is 14.6. The van der Waals surface area contributed by atoms with E-state index in [-0.39, 0.29) is 18.7 Å². The van der Waals surface area contributed by atoms with Gasteiger partial charge < -0.3 is 38.8 Å². The fraction of sp³-hybridized carbons (Fsp3) is 0.613. The Labute approximate surface area is 257 Å². The summed E-state index contributed by atoms with van der Waals surface area (Å²) in [5.74, 6) is 0.134. The first-order valence-electron chi connectivity index (χ1n) is 14.3. The summed E-state index contributed by atoms with van der Waals surface area (Å²) in [6.45, 7) is 9.26. The van der Waals surface area contributed by atoms with Gasteiger partial charge in [-0.15, -0.1) is 0 Å². The van der Waals surface area contributed by atoms with Gasteiger partial charge in [-0.3, -0.25) is 10.1 Å². The number of aliphatic hydroxyl groups is 2. The number of nitrogens with one attached hydrogen (secondary N) is 1. The van der Waals surface area contributed by atoms with Crippen LogP contribution in [-0.4, -0.2) is 90.9 Å². The Bertz CT molecular complexity index is 1290. The van der Waals surface area contributed by atoms with Crippen molar-refractivity contribution in [2.75, 3.05) is 26.2 Å². The van der Waals surface area contributed by atoms with Gasteiger partial charge in [-0.2, -0.15) is 0 Å². The van der Waals surface area contributed by atoms with Gasteiger partial charge in [-0.05, 0) is 58.7 Å². The standard InChI is InChI=1S/C31H43ClN2O9/c1-17-10-9-11-22(40-8)31(38)16-21(41-28(37)33-31)26(36)27-30(5,43-27)23(42-29(2,3)4)15-24(35)34(6)19-13-18(12-17)14-20(39-7)25(19)32/h9-11,13-14,21-23,26-27,36,38H,12,15-16H2,1-8H3,(H,33,37). The minimum absolute atomic E-state index is 0.0963. The van der Waals surface area contributed by atoms with Crippen LogP contribution in [0.5, 0.6) is 5.75 Å². The third-order valence-electron chi connectivity index (χ3n) is 8.07. The molecule has 0 aliphatic carbocycles. The van der Waals surface area contributed by atoms with Crippen molar-refractivity contribution in [3.8, 4) is 5.75 Å². The van der Waals surface area contributed by atoms with Crippen LogP contribution < -0.4 is 15.0 Å². The summed E-state index contributed by atoms with van der Waals surface area (Å²) in [7, 11) is 4.57. The number of nitrogens with zero attached hydrogens (tertiary/aromatic N) is 1. The molecule has 3 heterocycles. The van der Waals surface area contributed by atoms with Gasteiger partial charge in [0.1, 0.15) is 40.8 Å². The van der Waals surface area contributed by atoms with Crippen LogP contribution in [0.2, 0.25) is 5.02 Å². The number of ether oxygens (including phenoxy) is 5. The van der Waals surface area contributed by atoms with E-state index < -0.39 is 53.5 Å². The zero-order valence-electron chi connectivity index (χ0n) is 26.0. The predicted molar refractivity (Wildman–Crippen MR) is 160 cm³/mol. The summed E-state index contributed by atoms with van der Waals surface area (Å²) in [5.41, 5.74) is -1.35.